The maximum Gasteiger partial charge on any atom is 0.343 e. The molecule has 0 aliphatic heterocycles. The summed E-state index contributed by atoms with van der Waals surface area (Å²) >= 11 is 3.14. The van der Waals surface area contributed by atoms with Crippen LogP contribution in [-0.2, 0) is 4.79 Å². The number of amides is 1. The van der Waals surface area contributed by atoms with Crippen LogP contribution in [0.4, 0.5) is 11.4 Å². The quantitative estimate of drug-likeness (QED) is 0.139. The maximum absolute atomic E-state index is 12.1. The second kappa shape index (κ2) is 11.5. The largest absolute Gasteiger partial charge is 0.483 e. The van der Waals surface area contributed by atoms with E-state index < -0.39 is 21.7 Å². The second-order valence-electron chi connectivity index (χ2n) is 6.72. The van der Waals surface area contributed by atoms with Crippen molar-refractivity contribution >= 4 is 45.4 Å². The first kappa shape index (κ1) is 25.0. The van der Waals surface area contributed by atoms with Crippen LogP contribution < -0.4 is 14.9 Å². The fourth-order valence-electron chi connectivity index (χ4n) is 2.58. The van der Waals surface area contributed by atoms with Gasteiger partial charge in [0.25, 0.3) is 17.3 Å². The molecule has 0 radical (unpaired) electrons. The number of nitrogens with one attached hydrogen (secondary N) is 1. The van der Waals surface area contributed by atoms with Crippen molar-refractivity contribution in [3.8, 4) is 11.5 Å². The number of nitrogens with zero attached hydrogens (tertiary/aromatic N) is 3. The van der Waals surface area contributed by atoms with Crippen molar-refractivity contribution in [3.63, 3.8) is 0 Å². The molecule has 0 spiro atoms. The fraction of sp³-hybridized carbons (Fsp3) is 0.0455. The number of hydrogen-bond acceptors (Lipinski definition) is 9. The van der Waals surface area contributed by atoms with Crippen LogP contribution in [0.3, 0.4) is 0 Å². The number of non-ortho nitro benzene ring substituents is 2. The number of carbonyl (C=O) groups excluding carboxylic acids is 2. The van der Waals surface area contributed by atoms with Crippen LogP contribution in [0.15, 0.2) is 76.3 Å². The van der Waals surface area contributed by atoms with E-state index in [1.54, 1.807) is 12.1 Å². The van der Waals surface area contributed by atoms with E-state index in [1.165, 1.54) is 60.8 Å². The first-order valence-electron chi connectivity index (χ1n) is 9.68. The number of ether oxygens (including phenoxy) is 2. The average molecular weight is 543 g/mol. The summed E-state index contributed by atoms with van der Waals surface area (Å²) in [6.07, 6.45) is 1.36. The Kier molecular flexibility index (Phi) is 8.19. The van der Waals surface area contributed by atoms with Gasteiger partial charge in [-0.2, -0.15) is 5.10 Å². The van der Waals surface area contributed by atoms with Crippen molar-refractivity contribution in [1.82, 2.24) is 5.43 Å². The third-order valence-corrected chi connectivity index (χ3v) is 4.91. The smallest absolute Gasteiger partial charge is 0.343 e. The average Bonchev–Trinajstić information content (AvgIpc) is 2.84. The van der Waals surface area contributed by atoms with Crippen LogP contribution in [0, 0.1) is 20.2 Å². The summed E-state index contributed by atoms with van der Waals surface area (Å²) in [7, 11) is 0. The lowest BCUT2D eigenvalue weighted by molar-refractivity contribution is -0.385. The van der Waals surface area contributed by atoms with Crippen molar-refractivity contribution in [2.24, 2.45) is 5.10 Å². The zero-order chi connectivity index (χ0) is 25.4. The summed E-state index contributed by atoms with van der Waals surface area (Å²) in [5.41, 5.74) is 2.78. The van der Waals surface area contributed by atoms with Crippen molar-refractivity contribution < 1.29 is 28.9 Å². The Morgan fingerprint density at radius 1 is 0.943 bits per heavy atom. The zero-order valence-corrected chi connectivity index (χ0v) is 19.2. The van der Waals surface area contributed by atoms with E-state index in [0.29, 0.717) is 10.0 Å². The standard InChI is InChI=1S/C22H15BrN4O8/c23-19-11-17(27(32)33)7-10-20(19)34-13-21(28)25-24-12-14-1-8-18(9-2-14)35-22(29)15-3-5-16(6-4-15)26(30)31/h1-12H,13H2,(H,25,28)/b24-12+. The summed E-state index contributed by atoms with van der Waals surface area (Å²) in [4.78, 5) is 44.3. The van der Waals surface area contributed by atoms with Gasteiger partial charge < -0.3 is 9.47 Å². The Hall–Kier alpha value is -4.65. The lowest BCUT2D eigenvalue weighted by Crippen LogP contribution is -2.24. The van der Waals surface area contributed by atoms with E-state index in [2.05, 4.69) is 26.5 Å². The Bertz CT molecular complexity index is 1290. The molecule has 0 aliphatic carbocycles. The van der Waals surface area contributed by atoms with Gasteiger partial charge in [-0.05, 0) is 64.0 Å². The third-order valence-electron chi connectivity index (χ3n) is 4.29. The van der Waals surface area contributed by atoms with E-state index in [0.717, 1.165) is 0 Å². The SMILES string of the molecule is O=C(COc1ccc([N+](=O)[O-])cc1Br)N/N=C/c1ccc(OC(=O)c2ccc([N+](=O)[O-])cc2)cc1. The van der Waals surface area contributed by atoms with Gasteiger partial charge in [0.2, 0.25) is 0 Å². The molecule has 0 unspecified atom stereocenters. The van der Waals surface area contributed by atoms with E-state index in [9.17, 15) is 29.8 Å². The lowest BCUT2D eigenvalue weighted by atomic mass is 10.2. The molecule has 1 amide bonds. The molecule has 0 heterocycles. The van der Waals surface area contributed by atoms with Gasteiger partial charge in [0, 0.05) is 24.3 Å². The van der Waals surface area contributed by atoms with Gasteiger partial charge in [-0.1, -0.05) is 0 Å². The molecular weight excluding hydrogens is 528 g/mol. The van der Waals surface area contributed by atoms with Crippen LogP contribution in [0.2, 0.25) is 0 Å². The van der Waals surface area contributed by atoms with Gasteiger partial charge in [0.15, 0.2) is 6.61 Å². The summed E-state index contributed by atoms with van der Waals surface area (Å²) < 4.78 is 10.9. The lowest BCUT2D eigenvalue weighted by Gasteiger charge is -2.07. The minimum Gasteiger partial charge on any atom is -0.483 e. The number of nitro benzene ring substituents is 2. The number of hydrogen-bond donors (Lipinski definition) is 1. The van der Waals surface area contributed by atoms with Crippen molar-refractivity contribution in [3.05, 3.63) is 103 Å². The van der Waals surface area contributed by atoms with Crippen LogP contribution >= 0.6 is 15.9 Å². The molecule has 0 atom stereocenters. The highest BCUT2D eigenvalue weighted by atomic mass is 79.9. The van der Waals surface area contributed by atoms with Crippen molar-refractivity contribution in [2.45, 2.75) is 0 Å². The molecule has 3 aromatic carbocycles. The van der Waals surface area contributed by atoms with Gasteiger partial charge in [-0.3, -0.25) is 25.0 Å². The number of carbonyl (C=O) groups is 2. The molecule has 12 nitrogen and oxygen atoms in total. The van der Waals surface area contributed by atoms with Crippen LogP contribution in [0.5, 0.6) is 11.5 Å². The minimum absolute atomic E-state index is 0.120. The summed E-state index contributed by atoms with van der Waals surface area (Å²) in [5.74, 6) is -0.724. The first-order valence-corrected chi connectivity index (χ1v) is 10.5. The molecule has 0 saturated heterocycles. The number of hydrazone groups is 1. The Morgan fingerprint density at radius 3 is 2.17 bits per heavy atom. The highest BCUT2D eigenvalue weighted by Gasteiger charge is 2.12. The fourth-order valence-corrected chi connectivity index (χ4v) is 3.06. The Morgan fingerprint density at radius 2 is 1.57 bits per heavy atom. The third kappa shape index (κ3) is 7.17. The monoisotopic (exact) mass is 542 g/mol. The van der Waals surface area contributed by atoms with E-state index >= 15 is 0 Å². The highest BCUT2D eigenvalue weighted by molar-refractivity contribution is 9.10. The van der Waals surface area contributed by atoms with Crippen LogP contribution in [0.1, 0.15) is 15.9 Å². The highest BCUT2D eigenvalue weighted by Crippen LogP contribution is 2.29. The molecule has 1 N–H and O–H groups in total. The molecule has 178 valence electrons. The van der Waals surface area contributed by atoms with Crippen molar-refractivity contribution in [2.75, 3.05) is 6.61 Å². The van der Waals surface area contributed by atoms with E-state index in [-0.39, 0.29) is 35.0 Å². The first-order chi connectivity index (χ1) is 16.7. The molecule has 0 fully saturated rings. The molecular formula is C22H15BrN4O8. The molecule has 3 aromatic rings. The number of esters is 1. The molecule has 0 aliphatic rings. The maximum atomic E-state index is 12.1. The molecule has 0 bridgehead atoms. The normalized spacial score (nSPS) is 10.5. The Labute approximate surface area is 205 Å². The number of rotatable bonds is 9. The molecule has 0 aromatic heterocycles. The molecule has 13 heteroatoms. The van der Waals surface area contributed by atoms with E-state index in [4.69, 9.17) is 9.47 Å². The second-order valence-corrected chi connectivity index (χ2v) is 7.57. The summed E-state index contributed by atoms with van der Waals surface area (Å²) in [6.45, 7) is -0.370. The van der Waals surface area contributed by atoms with Gasteiger partial charge in [-0.15, -0.1) is 0 Å². The molecule has 0 saturated carbocycles. The summed E-state index contributed by atoms with van der Waals surface area (Å²) in [5, 5.41) is 25.2. The molecule has 35 heavy (non-hydrogen) atoms. The molecule has 3 rings (SSSR count). The van der Waals surface area contributed by atoms with Crippen LogP contribution in [-0.4, -0.2) is 34.5 Å². The summed E-state index contributed by atoms with van der Waals surface area (Å²) in [6, 6.07) is 15.1. The van der Waals surface area contributed by atoms with Gasteiger partial charge in [0.1, 0.15) is 11.5 Å². The van der Waals surface area contributed by atoms with Gasteiger partial charge in [-0.25, -0.2) is 10.2 Å². The van der Waals surface area contributed by atoms with Gasteiger partial charge >= 0.3 is 5.97 Å². The predicted molar refractivity (Wildman–Crippen MR) is 127 cm³/mol. The number of halogens is 1. The number of nitro groups is 2. The number of benzene rings is 3. The van der Waals surface area contributed by atoms with Crippen molar-refractivity contribution in [1.29, 1.82) is 0 Å². The Balaban J connectivity index is 1.47. The van der Waals surface area contributed by atoms with Gasteiger partial charge in [0.05, 0.1) is 26.1 Å². The minimum atomic E-state index is -0.673. The zero-order valence-electron chi connectivity index (χ0n) is 17.6. The predicted octanol–water partition coefficient (Wildman–Crippen LogP) is 4.01. The van der Waals surface area contributed by atoms with E-state index in [1.807, 2.05) is 0 Å². The van der Waals surface area contributed by atoms with Crippen LogP contribution in [0.25, 0.3) is 0 Å². The topological polar surface area (TPSA) is 163 Å².